The monoisotopic (exact) mass is 456 g/mol. The van der Waals surface area contributed by atoms with Gasteiger partial charge in [-0.3, -0.25) is 4.79 Å². The molecule has 178 valence electrons. The van der Waals surface area contributed by atoms with Crippen molar-refractivity contribution >= 4 is 5.91 Å². The van der Waals surface area contributed by atoms with Crippen molar-refractivity contribution in [1.29, 1.82) is 0 Å². The molecule has 0 spiro atoms. The third kappa shape index (κ3) is 5.82. The summed E-state index contributed by atoms with van der Waals surface area (Å²) in [6.45, 7) is 4.83. The third-order valence-corrected chi connectivity index (χ3v) is 6.04. The summed E-state index contributed by atoms with van der Waals surface area (Å²) in [5.74, 6) is -0.693. The van der Waals surface area contributed by atoms with Gasteiger partial charge >= 0.3 is 6.18 Å². The molecule has 3 rings (SSSR count). The summed E-state index contributed by atoms with van der Waals surface area (Å²) in [7, 11) is 2.00. The summed E-state index contributed by atoms with van der Waals surface area (Å²) >= 11 is 0. The lowest BCUT2D eigenvalue weighted by atomic mass is 9.80. The van der Waals surface area contributed by atoms with Crippen molar-refractivity contribution in [2.45, 2.75) is 38.1 Å². The Balaban J connectivity index is 1.93. The predicted octanol–water partition coefficient (Wildman–Crippen LogP) is 3.23. The molecule has 3 atom stereocenters. The Bertz CT molecular complexity index is 789. The molecule has 6 nitrogen and oxygen atoms in total. The van der Waals surface area contributed by atoms with Gasteiger partial charge in [0.25, 0.3) is 5.91 Å². The van der Waals surface area contributed by atoms with Gasteiger partial charge < -0.3 is 24.4 Å². The van der Waals surface area contributed by atoms with Crippen molar-refractivity contribution in [3.05, 3.63) is 47.2 Å². The van der Waals surface area contributed by atoms with Crippen LogP contribution in [0.15, 0.2) is 36.1 Å². The molecule has 1 fully saturated rings. The van der Waals surface area contributed by atoms with Gasteiger partial charge in [0, 0.05) is 51.2 Å². The molecule has 2 aliphatic rings. The highest BCUT2D eigenvalue weighted by Gasteiger charge is 2.39. The molecule has 1 saturated heterocycles. The summed E-state index contributed by atoms with van der Waals surface area (Å²) in [6, 6.07) is 5.00. The Labute approximate surface area is 186 Å². The van der Waals surface area contributed by atoms with Gasteiger partial charge in [0.1, 0.15) is 0 Å². The van der Waals surface area contributed by atoms with E-state index in [1.54, 1.807) is 11.0 Å². The van der Waals surface area contributed by atoms with Crippen LogP contribution in [0.25, 0.3) is 0 Å². The fraction of sp³-hybridized carbons (Fsp3) is 0.609. The number of alkyl halides is 3. The Morgan fingerprint density at radius 2 is 1.84 bits per heavy atom. The van der Waals surface area contributed by atoms with Crippen LogP contribution in [-0.4, -0.2) is 73.5 Å². The smallest absolute Gasteiger partial charge is 0.416 e. The summed E-state index contributed by atoms with van der Waals surface area (Å²) in [6.07, 6.45) is -2.41. The van der Waals surface area contributed by atoms with E-state index in [0.717, 1.165) is 25.2 Å². The maximum Gasteiger partial charge on any atom is 0.416 e. The maximum atomic E-state index is 13.2. The molecule has 0 radical (unpaired) electrons. The topological polar surface area (TPSA) is 62.2 Å². The summed E-state index contributed by atoms with van der Waals surface area (Å²) < 4.78 is 50.9. The van der Waals surface area contributed by atoms with Crippen LogP contribution in [0.1, 0.15) is 36.8 Å². The van der Waals surface area contributed by atoms with Crippen LogP contribution in [-0.2, 0) is 20.4 Å². The van der Waals surface area contributed by atoms with E-state index in [9.17, 15) is 23.1 Å². The summed E-state index contributed by atoms with van der Waals surface area (Å²) in [5.41, 5.74) is -0.0723. The van der Waals surface area contributed by atoms with E-state index in [2.05, 4.69) is 4.90 Å². The number of carbonyl (C=O) groups is 1. The lowest BCUT2D eigenvalue weighted by molar-refractivity contribution is -0.170. The normalized spacial score (nSPS) is 24.8. The average molecular weight is 457 g/mol. The number of aliphatic hydroxyl groups is 1. The number of rotatable bonds is 7. The van der Waals surface area contributed by atoms with Crippen LogP contribution < -0.4 is 0 Å². The number of allylic oxidation sites excluding steroid dienone is 1. The summed E-state index contributed by atoms with van der Waals surface area (Å²) in [5, 5.41) is 9.34. The molecule has 1 amide bonds. The SMILES string of the molecule is CCO[C@H]1OC(C(=O)N2CCN(C)CC2)=C[C@@H](c2ccc(C(F)(F)F)cc2)[C@H]1CCCO. The Morgan fingerprint density at radius 1 is 1.19 bits per heavy atom. The van der Waals surface area contributed by atoms with Crippen molar-refractivity contribution in [1.82, 2.24) is 9.80 Å². The maximum absolute atomic E-state index is 13.2. The van der Waals surface area contributed by atoms with Crippen LogP contribution in [0.2, 0.25) is 0 Å². The van der Waals surface area contributed by atoms with E-state index < -0.39 is 18.0 Å². The fourth-order valence-corrected chi connectivity index (χ4v) is 4.20. The molecule has 1 aromatic carbocycles. The Morgan fingerprint density at radius 3 is 2.41 bits per heavy atom. The van der Waals surface area contributed by atoms with E-state index in [1.807, 2.05) is 14.0 Å². The van der Waals surface area contributed by atoms with Gasteiger partial charge in [-0.1, -0.05) is 12.1 Å². The highest BCUT2D eigenvalue weighted by molar-refractivity contribution is 5.92. The van der Waals surface area contributed by atoms with Crippen molar-refractivity contribution in [2.24, 2.45) is 5.92 Å². The van der Waals surface area contributed by atoms with Crippen molar-refractivity contribution in [3.8, 4) is 0 Å². The number of nitrogens with zero attached hydrogens (tertiary/aromatic N) is 2. The molecule has 0 saturated carbocycles. The number of hydrogen-bond acceptors (Lipinski definition) is 5. The molecule has 9 heteroatoms. The second kappa shape index (κ2) is 10.7. The second-order valence-corrected chi connectivity index (χ2v) is 8.24. The largest absolute Gasteiger partial charge is 0.459 e. The number of carbonyl (C=O) groups excluding carboxylic acids is 1. The number of likely N-dealkylation sites (N-methyl/N-ethyl adjacent to an activating group) is 1. The number of piperazine rings is 1. The van der Waals surface area contributed by atoms with E-state index in [-0.39, 0.29) is 30.1 Å². The third-order valence-electron chi connectivity index (χ3n) is 6.04. The first-order valence-corrected chi connectivity index (χ1v) is 11.0. The van der Waals surface area contributed by atoms with Gasteiger partial charge in [0.05, 0.1) is 5.56 Å². The Kier molecular flexibility index (Phi) is 8.19. The lowest BCUT2D eigenvalue weighted by Crippen LogP contribution is -2.49. The number of aliphatic hydroxyl groups excluding tert-OH is 1. The van der Waals surface area contributed by atoms with Crippen molar-refractivity contribution < 1.29 is 32.5 Å². The highest BCUT2D eigenvalue weighted by Crippen LogP contribution is 2.40. The fourth-order valence-electron chi connectivity index (χ4n) is 4.20. The number of hydrogen-bond donors (Lipinski definition) is 1. The van der Waals surface area contributed by atoms with Crippen LogP contribution in [0, 0.1) is 5.92 Å². The van der Waals surface area contributed by atoms with Gasteiger partial charge in [-0.2, -0.15) is 13.2 Å². The van der Waals surface area contributed by atoms with Crippen LogP contribution in [0.5, 0.6) is 0 Å². The van der Waals surface area contributed by atoms with E-state index in [1.165, 1.54) is 12.1 Å². The minimum absolute atomic E-state index is 0.0220. The zero-order chi connectivity index (χ0) is 23.3. The first-order valence-electron chi connectivity index (χ1n) is 11.0. The quantitative estimate of drug-likeness (QED) is 0.683. The molecular formula is C23H31F3N2O4. The lowest BCUT2D eigenvalue weighted by Gasteiger charge is -2.39. The second-order valence-electron chi connectivity index (χ2n) is 8.24. The molecule has 32 heavy (non-hydrogen) atoms. The first-order chi connectivity index (χ1) is 15.2. The van der Waals surface area contributed by atoms with Gasteiger partial charge in [-0.15, -0.1) is 0 Å². The molecule has 0 unspecified atom stereocenters. The molecule has 2 heterocycles. The molecule has 0 bridgehead atoms. The first kappa shape index (κ1) is 24.5. The van der Waals surface area contributed by atoms with Crippen LogP contribution >= 0.6 is 0 Å². The minimum Gasteiger partial charge on any atom is -0.459 e. The summed E-state index contributed by atoms with van der Waals surface area (Å²) in [4.78, 5) is 17.0. The highest BCUT2D eigenvalue weighted by atomic mass is 19.4. The average Bonchev–Trinajstić information content (AvgIpc) is 2.77. The molecule has 0 aliphatic carbocycles. The zero-order valence-corrected chi connectivity index (χ0v) is 18.5. The van der Waals surface area contributed by atoms with Crippen molar-refractivity contribution in [3.63, 3.8) is 0 Å². The molecule has 1 aromatic rings. The Hall–Kier alpha value is -2.10. The van der Waals surface area contributed by atoms with E-state index >= 15 is 0 Å². The predicted molar refractivity (Wildman–Crippen MR) is 113 cm³/mol. The molecule has 1 N–H and O–H groups in total. The number of halogens is 3. The number of amides is 1. The number of ether oxygens (including phenoxy) is 2. The van der Waals surface area contributed by atoms with E-state index in [4.69, 9.17) is 9.47 Å². The molecule has 2 aliphatic heterocycles. The molecule has 0 aromatic heterocycles. The number of benzene rings is 1. The van der Waals surface area contributed by atoms with Gasteiger partial charge in [-0.25, -0.2) is 0 Å². The van der Waals surface area contributed by atoms with Gasteiger partial charge in [-0.05, 0) is 50.6 Å². The van der Waals surface area contributed by atoms with Crippen LogP contribution in [0.3, 0.4) is 0 Å². The molecular weight excluding hydrogens is 425 g/mol. The van der Waals surface area contributed by atoms with Crippen LogP contribution in [0.4, 0.5) is 13.2 Å². The van der Waals surface area contributed by atoms with E-state index in [0.29, 0.717) is 38.1 Å². The van der Waals surface area contributed by atoms with Crippen molar-refractivity contribution in [2.75, 3.05) is 46.4 Å². The minimum atomic E-state index is -4.42. The standard InChI is InChI=1S/C23H31F3N2O4/c1-3-31-22-18(5-4-14-29)19(16-6-8-17(9-7-16)23(24,25)26)15-20(32-22)21(30)28-12-10-27(2)11-13-28/h6-9,15,18-19,22,29H,3-5,10-14H2,1-2H3/t18-,19+,22+/m1/s1. The van der Waals surface area contributed by atoms with Gasteiger partial charge in [0.2, 0.25) is 6.29 Å². The van der Waals surface area contributed by atoms with Gasteiger partial charge in [0.15, 0.2) is 5.76 Å². The zero-order valence-electron chi connectivity index (χ0n) is 18.5.